The molecule has 3 aromatic rings. The molecule has 0 aliphatic heterocycles. The fourth-order valence-electron chi connectivity index (χ4n) is 2.75. The van der Waals surface area contributed by atoms with Crippen LogP contribution in [0.3, 0.4) is 0 Å². The van der Waals surface area contributed by atoms with Crippen molar-refractivity contribution in [3.05, 3.63) is 63.8 Å². The molecule has 1 heterocycles. The average molecular weight is 368 g/mol. The van der Waals surface area contributed by atoms with Crippen LogP contribution in [-0.4, -0.2) is 23.3 Å². The Labute approximate surface area is 154 Å². The summed E-state index contributed by atoms with van der Waals surface area (Å²) in [5.74, 6) is -0.960. The predicted molar refractivity (Wildman–Crippen MR) is 98.3 cm³/mol. The Morgan fingerprint density at radius 1 is 1.31 bits per heavy atom. The third-order valence-corrected chi connectivity index (χ3v) is 4.10. The first kappa shape index (κ1) is 17.5. The first-order chi connectivity index (χ1) is 12.5. The molecular weight excluding hydrogens is 354 g/mol. The van der Waals surface area contributed by atoms with Crippen LogP contribution in [0.4, 0.5) is 5.69 Å². The fourth-order valence-corrected chi connectivity index (χ4v) is 2.96. The highest BCUT2D eigenvalue weighted by Gasteiger charge is 2.23. The molecule has 0 saturated carbocycles. The van der Waals surface area contributed by atoms with E-state index in [0.29, 0.717) is 27.1 Å². The van der Waals surface area contributed by atoms with E-state index >= 15 is 0 Å². The number of nitriles is 1. The van der Waals surface area contributed by atoms with Gasteiger partial charge in [0.15, 0.2) is 0 Å². The molecule has 26 heavy (non-hydrogen) atoms. The van der Waals surface area contributed by atoms with Gasteiger partial charge < -0.3 is 15.5 Å². The third kappa shape index (κ3) is 3.01. The number of hydrogen-bond donors (Lipinski definition) is 2. The predicted octanol–water partition coefficient (Wildman–Crippen LogP) is 3.68. The van der Waals surface area contributed by atoms with Crippen molar-refractivity contribution in [1.82, 2.24) is 4.98 Å². The van der Waals surface area contributed by atoms with E-state index in [2.05, 4.69) is 4.98 Å². The minimum Gasteiger partial charge on any atom is -0.462 e. The molecule has 0 atom stereocenters. The Morgan fingerprint density at radius 2 is 2.08 bits per heavy atom. The van der Waals surface area contributed by atoms with Gasteiger partial charge in [-0.1, -0.05) is 23.7 Å². The van der Waals surface area contributed by atoms with Gasteiger partial charge in [0.05, 0.1) is 35.0 Å². The van der Waals surface area contributed by atoms with Gasteiger partial charge in [-0.05, 0) is 31.2 Å². The summed E-state index contributed by atoms with van der Waals surface area (Å²) in [7, 11) is 0. The van der Waals surface area contributed by atoms with E-state index in [4.69, 9.17) is 27.3 Å². The van der Waals surface area contributed by atoms with Crippen LogP contribution in [0, 0.1) is 11.3 Å². The van der Waals surface area contributed by atoms with Gasteiger partial charge in [0.25, 0.3) is 0 Å². The molecular formula is C19H14ClN3O3. The number of ether oxygens (including phenoxy) is 1. The van der Waals surface area contributed by atoms with E-state index in [1.54, 1.807) is 31.2 Å². The van der Waals surface area contributed by atoms with E-state index in [9.17, 15) is 9.59 Å². The van der Waals surface area contributed by atoms with Gasteiger partial charge in [0.1, 0.15) is 5.69 Å². The zero-order chi connectivity index (χ0) is 18.8. The number of nitrogens with zero attached hydrogens (tertiary/aromatic N) is 1. The molecule has 0 amide bonds. The van der Waals surface area contributed by atoms with Gasteiger partial charge in [0.2, 0.25) is 5.78 Å². The number of hydrogen-bond acceptors (Lipinski definition) is 5. The van der Waals surface area contributed by atoms with Crippen LogP contribution in [0.15, 0.2) is 36.4 Å². The molecule has 0 fully saturated rings. The second kappa shape index (κ2) is 6.90. The summed E-state index contributed by atoms with van der Waals surface area (Å²) in [6.07, 6.45) is 0. The Bertz CT molecular complexity index is 1080. The van der Waals surface area contributed by atoms with Crippen LogP contribution in [0.25, 0.3) is 10.9 Å². The van der Waals surface area contributed by atoms with Gasteiger partial charge >= 0.3 is 5.97 Å². The molecule has 0 aliphatic carbocycles. The van der Waals surface area contributed by atoms with Gasteiger partial charge in [-0.15, -0.1) is 0 Å². The molecule has 0 radical (unpaired) electrons. The van der Waals surface area contributed by atoms with Crippen molar-refractivity contribution in [2.75, 3.05) is 12.3 Å². The number of H-pyrrole nitrogens is 1. The van der Waals surface area contributed by atoms with Crippen LogP contribution in [0.5, 0.6) is 0 Å². The van der Waals surface area contributed by atoms with Gasteiger partial charge in [0, 0.05) is 16.0 Å². The number of aromatic amines is 1. The van der Waals surface area contributed by atoms with Crippen molar-refractivity contribution in [1.29, 1.82) is 5.26 Å². The molecule has 0 aliphatic rings. The number of anilines is 1. The number of rotatable bonds is 4. The number of nitrogens with two attached hydrogens (primary N) is 1. The number of aromatic nitrogens is 1. The monoisotopic (exact) mass is 367 g/mol. The molecule has 0 spiro atoms. The molecule has 7 heteroatoms. The lowest BCUT2D eigenvalue weighted by atomic mass is 10.0. The molecule has 1 aromatic heterocycles. The molecule has 3 rings (SSSR count). The van der Waals surface area contributed by atoms with Gasteiger partial charge in [-0.2, -0.15) is 5.26 Å². The average Bonchev–Trinajstić information content (AvgIpc) is 2.97. The van der Waals surface area contributed by atoms with Crippen molar-refractivity contribution in [3.63, 3.8) is 0 Å². The maximum atomic E-state index is 12.8. The zero-order valence-corrected chi connectivity index (χ0v) is 14.6. The lowest BCUT2D eigenvalue weighted by Gasteiger charge is -2.05. The summed E-state index contributed by atoms with van der Waals surface area (Å²) in [6.45, 7) is 1.89. The van der Waals surface area contributed by atoms with Crippen molar-refractivity contribution >= 4 is 39.9 Å². The smallest absolute Gasteiger partial charge is 0.338 e. The topological polar surface area (TPSA) is 109 Å². The highest BCUT2D eigenvalue weighted by atomic mass is 35.5. The fraction of sp³-hybridized carbons (Fsp3) is 0.105. The summed E-state index contributed by atoms with van der Waals surface area (Å²) in [4.78, 5) is 28.0. The van der Waals surface area contributed by atoms with Crippen molar-refractivity contribution in [2.24, 2.45) is 0 Å². The van der Waals surface area contributed by atoms with Crippen molar-refractivity contribution < 1.29 is 14.3 Å². The molecule has 0 saturated heterocycles. The zero-order valence-electron chi connectivity index (χ0n) is 13.8. The van der Waals surface area contributed by atoms with E-state index in [1.165, 1.54) is 12.1 Å². The normalized spacial score (nSPS) is 10.5. The number of nitrogen functional groups attached to an aromatic ring is 1. The molecule has 3 N–H and O–H groups in total. The minimum absolute atomic E-state index is 0.128. The van der Waals surface area contributed by atoms with Crippen LogP contribution in [-0.2, 0) is 4.74 Å². The molecule has 6 nitrogen and oxygen atoms in total. The number of fused-ring (bicyclic) bond motifs is 1. The Morgan fingerprint density at radius 3 is 2.77 bits per heavy atom. The second-order valence-corrected chi connectivity index (χ2v) is 5.97. The Kier molecular flexibility index (Phi) is 4.65. The number of carbonyl (C=O) groups excluding carboxylic acids is 2. The van der Waals surface area contributed by atoms with Gasteiger partial charge in [-0.25, -0.2) is 4.79 Å². The third-order valence-electron chi connectivity index (χ3n) is 3.88. The van der Waals surface area contributed by atoms with Gasteiger partial charge in [-0.3, -0.25) is 4.79 Å². The van der Waals surface area contributed by atoms with Crippen LogP contribution in [0.1, 0.15) is 38.9 Å². The number of nitrogens with one attached hydrogen (secondary N) is 1. The number of ketones is 1. The van der Waals surface area contributed by atoms with Crippen LogP contribution in [0.2, 0.25) is 5.02 Å². The first-order valence-corrected chi connectivity index (χ1v) is 8.16. The molecule has 2 aromatic carbocycles. The first-order valence-electron chi connectivity index (χ1n) is 7.79. The minimum atomic E-state index is -0.573. The standard InChI is InChI=1S/C19H14ClN3O3/c1-2-26-19(25)13-7-12(20)8-14-15(13)16(22)17(23-14)18(24)11-5-3-4-10(6-11)9-21/h3-8,23H,2,22H2,1H3. The molecule has 130 valence electrons. The maximum absolute atomic E-state index is 12.8. The van der Waals surface area contributed by atoms with Crippen molar-refractivity contribution in [3.8, 4) is 6.07 Å². The largest absolute Gasteiger partial charge is 0.462 e. The summed E-state index contributed by atoms with van der Waals surface area (Å²) in [5, 5.41) is 9.70. The number of benzene rings is 2. The van der Waals surface area contributed by atoms with Crippen LogP contribution >= 0.6 is 11.6 Å². The van der Waals surface area contributed by atoms with E-state index in [1.807, 2.05) is 6.07 Å². The van der Waals surface area contributed by atoms with Crippen molar-refractivity contribution in [2.45, 2.75) is 6.92 Å². The SMILES string of the molecule is CCOC(=O)c1cc(Cl)cc2[nH]c(C(=O)c3cccc(C#N)c3)c(N)c12. The number of carbonyl (C=O) groups is 2. The number of esters is 1. The highest BCUT2D eigenvalue weighted by Crippen LogP contribution is 2.33. The summed E-state index contributed by atoms with van der Waals surface area (Å²) < 4.78 is 5.04. The molecule has 0 bridgehead atoms. The quantitative estimate of drug-likeness (QED) is 0.540. The van der Waals surface area contributed by atoms with E-state index in [-0.39, 0.29) is 29.3 Å². The van der Waals surface area contributed by atoms with E-state index in [0.717, 1.165) is 0 Å². The van der Waals surface area contributed by atoms with E-state index < -0.39 is 5.97 Å². The van der Waals surface area contributed by atoms with Crippen LogP contribution < -0.4 is 5.73 Å². The Balaban J connectivity index is 2.18. The number of halogens is 1. The lowest BCUT2D eigenvalue weighted by Crippen LogP contribution is -2.07. The highest BCUT2D eigenvalue weighted by molar-refractivity contribution is 6.32. The summed E-state index contributed by atoms with van der Waals surface area (Å²) in [5.41, 5.74) is 7.74. The lowest BCUT2D eigenvalue weighted by molar-refractivity contribution is 0.0528. The molecule has 0 unspecified atom stereocenters. The Hall–Kier alpha value is -3.30. The summed E-state index contributed by atoms with van der Waals surface area (Å²) in [6, 6.07) is 11.3. The summed E-state index contributed by atoms with van der Waals surface area (Å²) >= 11 is 6.08. The second-order valence-electron chi connectivity index (χ2n) is 5.53. The maximum Gasteiger partial charge on any atom is 0.338 e.